The summed E-state index contributed by atoms with van der Waals surface area (Å²) in [4.78, 5) is 29.0. The maximum atomic E-state index is 12.4. The molecule has 0 radical (unpaired) electrons. The Hall–Kier alpha value is -3.83. The molecule has 0 aliphatic carbocycles. The third kappa shape index (κ3) is 12.4. The van der Waals surface area contributed by atoms with Crippen molar-refractivity contribution >= 4 is 11.9 Å². The molecule has 242 valence electrons. The fraction of sp³-hybridized carbons (Fsp3) is 0.656. The smallest absolute Gasteiger partial charge is 0.306 e. The van der Waals surface area contributed by atoms with Gasteiger partial charge in [0, 0.05) is 55.6 Å². The Balaban J connectivity index is 1.38. The highest BCUT2D eigenvalue weighted by Gasteiger charge is 2.17. The van der Waals surface area contributed by atoms with Crippen LogP contribution in [0.3, 0.4) is 0 Å². The molecule has 1 N–H and O–H groups in total. The van der Waals surface area contributed by atoms with Crippen LogP contribution in [-0.2, 0) is 58.2 Å². The highest BCUT2D eigenvalue weighted by atomic mass is 16.5. The van der Waals surface area contributed by atoms with Gasteiger partial charge in [0.1, 0.15) is 19.0 Å². The van der Waals surface area contributed by atoms with Gasteiger partial charge in [-0.3, -0.25) is 23.9 Å². The first-order chi connectivity index (χ1) is 20.7. The van der Waals surface area contributed by atoms with E-state index < -0.39 is 0 Å². The SMILES string of the molecule is Cc1ncc(COC(=O)CCCCc2cn(CC(C)(C)C)nn2)c(COC(=O)CCCCc2cn(CC(C)(C)C)nn2)c1O. The second-order valence-corrected chi connectivity index (χ2v) is 13.9. The van der Waals surface area contributed by atoms with E-state index in [9.17, 15) is 14.7 Å². The Bertz CT molecular complexity index is 1370. The molecule has 0 saturated heterocycles. The number of ether oxygens (including phenoxy) is 2. The summed E-state index contributed by atoms with van der Waals surface area (Å²) in [7, 11) is 0. The predicted octanol–water partition coefficient (Wildman–Crippen LogP) is 5.28. The molecule has 44 heavy (non-hydrogen) atoms. The van der Waals surface area contributed by atoms with Crippen LogP contribution >= 0.6 is 0 Å². The number of rotatable bonds is 16. The molecule has 3 aromatic rings. The standard InChI is InChI=1S/C32H49N7O5/c1-23-30(42)27(20-44-29(41)15-11-9-13-26-18-39(37-35-26)22-32(5,6)7)24(16-33-23)19-43-28(40)14-10-8-12-25-17-38(36-34-25)21-31(2,3)4/h16-18,42H,8-15,19-22H2,1-7H3. The van der Waals surface area contributed by atoms with Gasteiger partial charge in [-0.05, 0) is 56.3 Å². The fourth-order valence-corrected chi connectivity index (χ4v) is 4.61. The van der Waals surface area contributed by atoms with Gasteiger partial charge in [0.15, 0.2) is 0 Å². The summed E-state index contributed by atoms with van der Waals surface area (Å²) in [6.07, 6.45) is 10.3. The van der Waals surface area contributed by atoms with Crippen molar-refractivity contribution in [2.75, 3.05) is 0 Å². The second kappa shape index (κ2) is 15.8. The van der Waals surface area contributed by atoms with E-state index in [0.29, 0.717) is 29.7 Å². The van der Waals surface area contributed by atoms with Gasteiger partial charge in [-0.25, -0.2) is 0 Å². The Morgan fingerprint density at radius 1 is 0.773 bits per heavy atom. The molecule has 0 bridgehead atoms. The van der Waals surface area contributed by atoms with Gasteiger partial charge in [-0.1, -0.05) is 52.0 Å². The molecular formula is C32H49N7O5. The number of esters is 2. The van der Waals surface area contributed by atoms with Crippen LogP contribution in [0.25, 0.3) is 0 Å². The van der Waals surface area contributed by atoms with Gasteiger partial charge in [0.2, 0.25) is 0 Å². The number of carbonyl (C=O) groups is 2. The molecule has 0 saturated carbocycles. The Morgan fingerprint density at radius 3 is 1.73 bits per heavy atom. The van der Waals surface area contributed by atoms with E-state index >= 15 is 0 Å². The van der Waals surface area contributed by atoms with E-state index in [-0.39, 0.29) is 54.6 Å². The molecule has 0 aliphatic rings. The van der Waals surface area contributed by atoms with Crippen LogP contribution in [0.1, 0.15) is 108 Å². The van der Waals surface area contributed by atoms with Gasteiger partial charge in [0.05, 0.1) is 17.1 Å². The summed E-state index contributed by atoms with van der Waals surface area (Å²) in [5.41, 5.74) is 3.36. The summed E-state index contributed by atoms with van der Waals surface area (Å²) in [5, 5.41) is 27.4. The third-order valence-corrected chi connectivity index (χ3v) is 6.77. The first kappa shape index (κ1) is 34.7. The quantitative estimate of drug-likeness (QED) is 0.167. The normalized spacial score (nSPS) is 12.0. The first-order valence-electron chi connectivity index (χ1n) is 15.4. The van der Waals surface area contributed by atoms with E-state index in [2.05, 4.69) is 67.2 Å². The molecule has 12 nitrogen and oxygen atoms in total. The molecule has 0 unspecified atom stereocenters. The molecule has 3 rings (SSSR count). The number of pyridine rings is 1. The van der Waals surface area contributed by atoms with Crippen LogP contribution in [0.2, 0.25) is 0 Å². The zero-order valence-corrected chi connectivity index (χ0v) is 27.4. The number of carbonyl (C=O) groups excluding carboxylic acids is 2. The summed E-state index contributed by atoms with van der Waals surface area (Å²) in [5.74, 6) is -0.774. The largest absolute Gasteiger partial charge is 0.506 e. The lowest BCUT2D eigenvalue weighted by atomic mass is 9.97. The molecule has 0 fully saturated rings. The van der Waals surface area contributed by atoms with Crippen molar-refractivity contribution in [1.82, 2.24) is 35.0 Å². The highest BCUT2D eigenvalue weighted by molar-refractivity contribution is 5.70. The summed E-state index contributed by atoms with van der Waals surface area (Å²) < 4.78 is 14.6. The van der Waals surface area contributed by atoms with Crippen molar-refractivity contribution in [1.29, 1.82) is 0 Å². The van der Waals surface area contributed by atoms with Crippen LogP contribution in [-0.4, -0.2) is 52.0 Å². The van der Waals surface area contributed by atoms with Crippen LogP contribution in [0, 0.1) is 17.8 Å². The van der Waals surface area contributed by atoms with Crippen molar-refractivity contribution in [3.8, 4) is 5.75 Å². The second-order valence-electron chi connectivity index (χ2n) is 13.9. The maximum absolute atomic E-state index is 12.4. The van der Waals surface area contributed by atoms with Gasteiger partial charge in [0.25, 0.3) is 0 Å². The number of aryl methyl sites for hydroxylation is 3. The summed E-state index contributed by atoms with van der Waals surface area (Å²) >= 11 is 0. The van der Waals surface area contributed by atoms with Gasteiger partial charge in [-0.15, -0.1) is 10.2 Å². The summed E-state index contributed by atoms with van der Waals surface area (Å²) in [6.45, 7) is 15.9. The van der Waals surface area contributed by atoms with Crippen molar-refractivity contribution in [2.45, 2.75) is 126 Å². The number of nitrogens with zero attached hydrogens (tertiary/aromatic N) is 7. The fourth-order valence-electron chi connectivity index (χ4n) is 4.61. The maximum Gasteiger partial charge on any atom is 0.306 e. The average Bonchev–Trinajstić information content (AvgIpc) is 3.56. The zero-order valence-electron chi connectivity index (χ0n) is 27.4. The van der Waals surface area contributed by atoms with Crippen molar-refractivity contribution in [2.24, 2.45) is 10.8 Å². The molecule has 0 atom stereocenters. The average molecular weight is 612 g/mol. The third-order valence-electron chi connectivity index (χ3n) is 6.77. The van der Waals surface area contributed by atoms with Gasteiger partial charge in [-0.2, -0.15) is 0 Å². The lowest BCUT2D eigenvalue weighted by Crippen LogP contribution is -2.15. The van der Waals surface area contributed by atoms with Crippen LogP contribution < -0.4 is 0 Å². The minimum atomic E-state index is -0.364. The number of unbranched alkanes of at least 4 members (excludes halogenated alkanes) is 2. The van der Waals surface area contributed by atoms with E-state index in [1.54, 1.807) is 13.1 Å². The molecule has 3 aromatic heterocycles. The number of aromatic nitrogens is 7. The molecule has 3 heterocycles. The van der Waals surface area contributed by atoms with E-state index in [1.165, 1.54) is 0 Å². The molecule has 12 heteroatoms. The Morgan fingerprint density at radius 2 is 1.25 bits per heavy atom. The zero-order chi connectivity index (χ0) is 32.3. The van der Waals surface area contributed by atoms with Gasteiger partial charge >= 0.3 is 11.9 Å². The number of hydrogen-bond acceptors (Lipinski definition) is 10. The monoisotopic (exact) mass is 611 g/mol. The minimum absolute atomic E-state index is 0.0656. The van der Waals surface area contributed by atoms with E-state index in [0.717, 1.165) is 50.2 Å². The highest BCUT2D eigenvalue weighted by Crippen LogP contribution is 2.26. The van der Waals surface area contributed by atoms with Crippen LogP contribution in [0.15, 0.2) is 18.6 Å². The lowest BCUT2D eigenvalue weighted by molar-refractivity contribution is -0.146. The Kier molecular flexibility index (Phi) is 12.4. The van der Waals surface area contributed by atoms with Crippen molar-refractivity contribution in [3.05, 3.63) is 46.8 Å². The molecule has 0 spiro atoms. The molecule has 0 aromatic carbocycles. The molecule has 0 amide bonds. The Labute approximate surface area is 260 Å². The summed E-state index contributed by atoms with van der Waals surface area (Å²) in [6, 6.07) is 0. The van der Waals surface area contributed by atoms with Crippen molar-refractivity contribution < 1.29 is 24.2 Å². The number of aromatic hydroxyl groups is 1. The molecule has 0 aliphatic heterocycles. The first-order valence-corrected chi connectivity index (χ1v) is 15.4. The van der Waals surface area contributed by atoms with E-state index in [1.807, 2.05) is 21.8 Å². The predicted molar refractivity (Wildman–Crippen MR) is 164 cm³/mol. The van der Waals surface area contributed by atoms with Crippen LogP contribution in [0.5, 0.6) is 5.75 Å². The topological polar surface area (TPSA) is 147 Å². The minimum Gasteiger partial charge on any atom is -0.506 e. The van der Waals surface area contributed by atoms with Gasteiger partial charge < -0.3 is 14.6 Å². The van der Waals surface area contributed by atoms with Crippen molar-refractivity contribution in [3.63, 3.8) is 0 Å². The van der Waals surface area contributed by atoms with Crippen LogP contribution in [0.4, 0.5) is 0 Å². The number of hydrogen-bond donors (Lipinski definition) is 1. The van der Waals surface area contributed by atoms with E-state index in [4.69, 9.17) is 9.47 Å². The lowest BCUT2D eigenvalue weighted by Gasteiger charge is -2.16. The molecular weight excluding hydrogens is 562 g/mol.